The molecule has 0 atom stereocenters. The Bertz CT molecular complexity index is 311. The maximum absolute atomic E-state index is 10.1. The van der Waals surface area contributed by atoms with Crippen molar-refractivity contribution in [2.75, 3.05) is 18.9 Å². The van der Waals surface area contributed by atoms with Gasteiger partial charge in [0.1, 0.15) is 5.75 Å². The summed E-state index contributed by atoms with van der Waals surface area (Å²) in [6.07, 6.45) is -0.376. The number of hydrogen-bond donors (Lipinski definition) is 3. The summed E-state index contributed by atoms with van der Waals surface area (Å²) in [4.78, 5) is 10.1. The summed E-state index contributed by atoms with van der Waals surface area (Å²) < 4.78 is 5.35. The first-order valence-corrected chi connectivity index (χ1v) is 4.63. The standard InChI is InChI=1S/C10H14N2O3/c11-8-2-4-9(5-3-8)15-7-1-6-12-10(13)14/h2-5,12H,1,6-7,11H2,(H,13,14). The number of carboxylic acid groups (broad SMARTS) is 1. The third-order valence-electron chi connectivity index (χ3n) is 1.75. The molecule has 0 heterocycles. The first kappa shape index (κ1) is 11.2. The molecular formula is C10H14N2O3. The molecule has 0 aliphatic heterocycles. The highest BCUT2D eigenvalue weighted by molar-refractivity contribution is 5.64. The second-order valence-corrected chi connectivity index (χ2v) is 3.00. The monoisotopic (exact) mass is 210 g/mol. The van der Waals surface area contributed by atoms with Gasteiger partial charge in [-0.1, -0.05) is 0 Å². The van der Waals surface area contributed by atoms with Crippen LogP contribution in [0.3, 0.4) is 0 Å². The molecule has 0 unspecified atom stereocenters. The van der Waals surface area contributed by atoms with Crippen molar-refractivity contribution in [3.8, 4) is 5.75 Å². The molecule has 1 rings (SSSR count). The molecule has 1 aromatic rings. The molecule has 4 N–H and O–H groups in total. The van der Waals surface area contributed by atoms with Gasteiger partial charge in [0, 0.05) is 12.2 Å². The predicted molar refractivity (Wildman–Crippen MR) is 57.0 cm³/mol. The molecule has 5 nitrogen and oxygen atoms in total. The van der Waals surface area contributed by atoms with E-state index in [0.29, 0.717) is 25.3 Å². The number of rotatable bonds is 5. The third kappa shape index (κ3) is 4.75. The summed E-state index contributed by atoms with van der Waals surface area (Å²) >= 11 is 0. The van der Waals surface area contributed by atoms with E-state index in [1.54, 1.807) is 24.3 Å². The van der Waals surface area contributed by atoms with E-state index in [-0.39, 0.29) is 0 Å². The predicted octanol–water partition coefficient (Wildman–Crippen LogP) is 1.31. The summed E-state index contributed by atoms with van der Waals surface area (Å²) in [5.74, 6) is 0.736. The number of ether oxygens (including phenoxy) is 1. The molecule has 82 valence electrons. The van der Waals surface area contributed by atoms with Crippen LogP contribution in [-0.2, 0) is 0 Å². The minimum absolute atomic E-state index is 0.393. The van der Waals surface area contributed by atoms with Crippen molar-refractivity contribution < 1.29 is 14.6 Å². The van der Waals surface area contributed by atoms with Crippen molar-refractivity contribution >= 4 is 11.8 Å². The van der Waals surface area contributed by atoms with Gasteiger partial charge in [-0.2, -0.15) is 0 Å². The maximum atomic E-state index is 10.1. The van der Waals surface area contributed by atoms with Crippen molar-refractivity contribution in [3.63, 3.8) is 0 Å². The molecule has 0 radical (unpaired) electrons. The van der Waals surface area contributed by atoms with Gasteiger partial charge < -0.3 is 20.9 Å². The fourth-order valence-electron chi connectivity index (χ4n) is 1.02. The SMILES string of the molecule is Nc1ccc(OCCCNC(=O)O)cc1. The highest BCUT2D eigenvalue weighted by Gasteiger charge is 1.95. The van der Waals surface area contributed by atoms with Crippen LogP contribution in [0.4, 0.5) is 10.5 Å². The molecule has 15 heavy (non-hydrogen) atoms. The van der Waals surface area contributed by atoms with E-state index in [0.717, 1.165) is 5.75 Å². The third-order valence-corrected chi connectivity index (χ3v) is 1.75. The van der Waals surface area contributed by atoms with Gasteiger partial charge in [0.15, 0.2) is 0 Å². The van der Waals surface area contributed by atoms with Crippen LogP contribution in [0.15, 0.2) is 24.3 Å². The molecule has 0 fully saturated rings. The summed E-state index contributed by atoms with van der Waals surface area (Å²) in [5, 5.41) is 10.6. The lowest BCUT2D eigenvalue weighted by Crippen LogP contribution is -2.23. The quantitative estimate of drug-likeness (QED) is 0.505. The summed E-state index contributed by atoms with van der Waals surface area (Å²) in [7, 11) is 0. The minimum atomic E-state index is -1.01. The second-order valence-electron chi connectivity index (χ2n) is 3.00. The number of nitrogen functional groups attached to an aromatic ring is 1. The lowest BCUT2D eigenvalue weighted by molar-refractivity contribution is 0.193. The zero-order valence-electron chi connectivity index (χ0n) is 8.27. The van der Waals surface area contributed by atoms with E-state index in [2.05, 4.69) is 5.32 Å². The van der Waals surface area contributed by atoms with Crippen LogP contribution in [0.25, 0.3) is 0 Å². The average molecular weight is 210 g/mol. The molecule has 0 aliphatic rings. The van der Waals surface area contributed by atoms with E-state index < -0.39 is 6.09 Å². The highest BCUT2D eigenvalue weighted by Crippen LogP contribution is 2.12. The van der Waals surface area contributed by atoms with Gasteiger partial charge in [-0.05, 0) is 30.7 Å². The number of nitrogens with two attached hydrogens (primary N) is 1. The zero-order chi connectivity index (χ0) is 11.1. The van der Waals surface area contributed by atoms with Gasteiger partial charge >= 0.3 is 6.09 Å². The zero-order valence-corrected chi connectivity index (χ0v) is 8.27. The van der Waals surface area contributed by atoms with Gasteiger partial charge in [0.2, 0.25) is 0 Å². The molecular weight excluding hydrogens is 196 g/mol. The largest absolute Gasteiger partial charge is 0.494 e. The Labute approximate surface area is 87.9 Å². The van der Waals surface area contributed by atoms with Gasteiger partial charge in [0.25, 0.3) is 0 Å². The highest BCUT2D eigenvalue weighted by atomic mass is 16.5. The van der Waals surface area contributed by atoms with Crippen molar-refractivity contribution in [1.29, 1.82) is 0 Å². The number of nitrogens with one attached hydrogen (secondary N) is 1. The van der Waals surface area contributed by atoms with Crippen LogP contribution >= 0.6 is 0 Å². The topological polar surface area (TPSA) is 84.6 Å². The van der Waals surface area contributed by atoms with Gasteiger partial charge in [0.05, 0.1) is 6.61 Å². The molecule has 0 bridgehead atoms. The fraction of sp³-hybridized carbons (Fsp3) is 0.300. The molecule has 5 heteroatoms. The smallest absolute Gasteiger partial charge is 0.404 e. The van der Waals surface area contributed by atoms with Crippen LogP contribution in [0.5, 0.6) is 5.75 Å². The van der Waals surface area contributed by atoms with Crippen molar-refractivity contribution in [1.82, 2.24) is 5.32 Å². The Kier molecular flexibility index (Phi) is 4.28. The van der Waals surface area contributed by atoms with Crippen LogP contribution in [0.1, 0.15) is 6.42 Å². The van der Waals surface area contributed by atoms with Crippen LogP contribution in [0, 0.1) is 0 Å². The minimum Gasteiger partial charge on any atom is -0.494 e. The van der Waals surface area contributed by atoms with Crippen LogP contribution in [0.2, 0.25) is 0 Å². The molecule has 1 aromatic carbocycles. The molecule has 0 saturated heterocycles. The Morgan fingerprint density at radius 2 is 2.07 bits per heavy atom. The first-order chi connectivity index (χ1) is 7.18. The van der Waals surface area contributed by atoms with Crippen molar-refractivity contribution in [3.05, 3.63) is 24.3 Å². The lowest BCUT2D eigenvalue weighted by atomic mass is 10.3. The van der Waals surface area contributed by atoms with E-state index in [1.165, 1.54) is 0 Å². The molecule has 0 aliphatic carbocycles. The molecule has 0 aromatic heterocycles. The summed E-state index contributed by atoms with van der Waals surface area (Å²) in [6.45, 7) is 0.870. The van der Waals surface area contributed by atoms with Crippen molar-refractivity contribution in [2.24, 2.45) is 0 Å². The second kappa shape index (κ2) is 5.74. The van der Waals surface area contributed by atoms with E-state index in [4.69, 9.17) is 15.6 Å². The Morgan fingerprint density at radius 1 is 1.40 bits per heavy atom. The number of amides is 1. The molecule has 0 saturated carbocycles. The fourth-order valence-corrected chi connectivity index (χ4v) is 1.02. The number of benzene rings is 1. The van der Waals surface area contributed by atoms with Gasteiger partial charge in [-0.25, -0.2) is 4.79 Å². The molecule has 0 spiro atoms. The number of carbonyl (C=O) groups is 1. The first-order valence-electron chi connectivity index (χ1n) is 4.63. The number of hydrogen-bond acceptors (Lipinski definition) is 3. The summed E-state index contributed by atoms with van der Waals surface area (Å²) in [6, 6.07) is 7.07. The van der Waals surface area contributed by atoms with Crippen LogP contribution in [-0.4, -0.2) is 24.4 Å². The normalized spacial score (nSPS) is 9.60. The Morgan fingerprint density at radius 3 is 2.67 bits per heavy atom. The van der Waals surface area contributed by atoms with E-state index in [9.17, 15) is 4.79 Å². The lowest BCUT2D eigenvalue weighted by Gasteiger charge is -2.05. The van der Waals surface area contributed by atoms with E-state index >= 15 is 0 Å². The molecule has 1 amide bonds. The maximum Gasteiger partial charge on any atom is 0.404 e. The van der Waals surface area contributed by atoms with Gasteiger partial charge in [-0.3, -0.25) is 0 Å². The van der Waals surface area contributed by atoms with Gasteiger partial charge in [-0.15, -0.1) is 0 Å². The average Bonchev–Trinajstić information content (AvgIpc) is 2.20. The number of anilines is 1. The van der Waals surface area contributed by atoms with Crippen molar-refractivity contribution in [2.45, 2.75) is 6.42 Å². The Hall–Kier alpha value is -1.91. The van der Waals surface area contributed by atoms with Crippen LogP contribution < -0.4 is 15.8 Å². The van der Waals surface area contributed by atoms with E-state index in [1.807, 2.05) is 0 Å². The summed E-state index contributed by atoms with van der Waals surface area (Å²) in [5.41, 5.74) is 6.20. The Balaban J connectivity index is 2.15.